The summed E-state index contributed by atoms with van der Waals surface area (Å²) >= 11 is 6.04. The fourth-order valence-corrected chi connectivity index (χ4v) is 4.04. The molecule has 2 heterocycles. The molecule has 0 aromatic carbocycles. The largest absolute Gasteiger partial charge is 0.444 e. The number of alkyl carbamates (subject to hydrolysis) is 1. The Bertz CT molecular complexity index is 780. The minimum Gasteiger partial charge on any atom is -0.444 e. The summed E-state index contributed by atoms with van der Waals surface area (Å²) in [4.78, 5) is 37.0. The number of urea groups is 1. The molecule has 1 saturated carbocycles. The van der Waals surface area contributed by atoms with Crippen LogP contribution in [-0.2, 0) is 4.74 Å². The second-order valence-corrected chi connectivity index (χ2v) is 7.86. The predicted molar refractivity (Wildman–Crippen MR) is 108 cm³/mol. The van der Waals surface area contributed by atoms with E-state index >= 15 is 0 Å². The van der Waals surface area contributed by atoms with E-state index in [0.29, 0.717) is 37.7 Å². The Morgan fingerprint density at radius 3 is 2.79 bits per heavy atom. The number of nitrogens with one attached hydrogen (secondary N) is 4. The van der Waals surface area contributed by atoms with Crippen LogP contribution in [0, 0.1) is 5.92 Å². The molecule has 3 amide bonds. The van der Waals surface area contributed by atoms with Crippen LogP contribution < -0.4 is 26.4 Å². The van der Waals surface area contributed by atoms with Gasteiger partial charge < -0.3 is 25.6 Å². The number of halogens is 1. The number of H-pyrrole nitrogens is 1. The van der Waals surface area contributed by atoms with Crippen LogP contribution in [-0.4, -0.2) is 61.1 Å². The van der Waals surface area contributed by atoms with Crippen LogP contribution in [0.25, 0.3) is 0 Å². The third-order valence-corrected chi connectivity index (χ3v) is 5.85. The van der Waals surface area contributed by atoms with Crippen LogP contribution in [0.5, 0.6) is 0 Å². The maximum Gasteiger partial charge on any atom is 0.407 e. The Morgan fingerprint density at radius 1 is 1.31 bits per heavy atom. The van der Waals surface area contributed by atoms with E-state index in [4.69, 9.17) is 16.3 Å². The number of carbonyl (C=O) groups excluding carboxylic acids is 2. The highest BCUT2D eigenvalue weighted by Gasteiger charge is 2.29. The number of nitrogens with zero attached hydrogens (tertiary/aromatic N) is 2. The SMILES string of the molecule is CNC(=O)NCC1CCC(NC(=O)O[C@@H]2CCN(c3cn[nH]c(=O)c3Cl)C2)CC1. The first kappa shape index (κ1) is 21.2. The van der Waals surface area contributed by atoms with Crippen molar-refractivity contribution in [3.05, 3.63) is 21.6 Å². The van der Waals surface area contributed by atoms with Crippen LogP contribution in [0.2, 0.25) is 5.02 Å². The number of amides is 3. The molecule has 160 valence electrons. The van der Waals surface area contributed by atoms with Gasteiger partial charge in [0.05, 0.1) is 18.4 Å². The number of carbonyl (C=O) groups is 2. The average Bonchev–Trinajstić information content (AvgIpc) is 3.17. The summed E-state index contributed by atoms with van der Waals surface area (Å²) in [5.74, 6) is 0.428. The summed E-state index contributed by atoms with van der Waals surface area (Å²) in [6, 6.07) is -0.0841. The number of aromatic nitrogens is 2. The summed E-state index contributed by atoms with van der Waals surface area (Å²) in [6.07, 6.45) is 5.09. The molecule has 2 aliphatic rings. The summed E-state index contributed by atoms with van der Waals surface area (Å²) in [5, 5.41) is 14.5. The standard InChI is InChI=1S/C18H27ClN6O4/c1-20-17(27)21-8-11-2-4-12(5-3-11)23-18(28)29-13-6-7-25(10-13)14-9-22-24-16(26)15(14)19/h9,11-13H,2-8,10H2,1H3,(H,23,28)(H,24,26)(H2,20,21,27)/t11?,12?,13-/m1/s1. The first-order chi connectivity index (χ1) is 14.0. The number of aromatic amines is 1. The maximum absolute atomic E-state index is 12.3. The Balaban J connectivity index is 1.39. The fourth-order valence-electron chi connectivity index (χ4n) is 3.83. The van der Waals surface area contributed by atoms with Gasteiger partial charge in [0.25, 0.3) is 5.56 Å². The molecule has 1 saturated heterocycles. The van der Waals surface area contributed by atoms with Gasteiger partial charge in [0.2, 0.25) is 0 Å². The number of rotatable bonds is 5. The van der Waals surface area contributed by atoms with Crippen molar-refractivity contribution in [2.45, 2.75) is 44.2 Å². The van der Waals surface area contributed by atoms with Gasteiger partial charge in [-0.25, -0.2) is 14.7 Å². The van der Waals surface area contributed by atoms with Crippen LogP contribution in [0.1, 0.15) is 32.1 Å². The molecule has 29 heavy (non-hydrogen) atoms. The lowest BCUT2D eigenvalue weighted by atomic mass is 9.86. The zero-order chi connectivity index (χ0) is 20.8. The van der Waals surface area contributed by atoms with E-state index in [9.17, 15) is 14.4 Å². The summed E-state index contributed by atoms with van der Waals surface area (Å²) < 4.78 is 5.55. The summed E-state index contributed by atoms with van der Waals surface area (Å²) in [5.41, 5.74) is 0.109. The molecule has 1 atom stereocenters. The summed E-state index contributed by atoms with van der Waals surface area (Å²) in [6.45, 7) is 1.75. The Hall–Kier alpha value is -2.49. The third kappa shape index (κ3) is 5.75. The van der Waals surface area contributed by atoms with Crippen LogP contribution in [0.4, 0.5) is 15.3 Å². The molecule has 0 unspecified atom stereocenters. The van der Waals surface area contributed by atoms with E-state index in [0.717, 1.165) is 25.7 Å². The van der Waals surface area contributed by atoms with Gasteiger partial charge in [0.1, 0.15) is 11.1 Å². The van der Waals surface area contributed by atoms with E-state index in [1.165, 1.54) is 6.20 Å². The highest BCUT2D eigenvalue weighted by Crippen LogP contribution is 2.26. The number of hydrogen-bond acceptors (Lipinski definition) is 6. The van der Waals surface area contributed by atoms with Crippen molar-refractivity contribution in [2.24, 2.45) is 5.92 Å². The zero-order valence-corrected chi connectivity index (χ0v) is 17.1. The van der Waals surface area contributed by atoms with Gasteiger partial charge in [-0.15, -0.1) is 0 Å². The highest BCUT2D eigenvalue weighted by molar-refractivity contribution is 6.33. The van der Waals surface area contributed by atoms with Crippen molar-refractivity contribution in [1.29, 1.82) is 0 Å². The quantitative estimate of drug-likeness (QED) is 0.560. The minimum absolute atomic E-state index is 0.0857. The molecule has 11 heteroatoms. The maximum atomic E-state index is 12.3. The molecule has 4 N–H and O–H groups in total. The van der Waals surface area contributed by atoms with Crippen molar-refractivity contribution < 1.29 is 14.3 Å². The molecular weight excluding hydrogens is 400 g/mol. The van der Waals surface area contributed by atoms with E-state index < -0.39 is 11.7 Å². The van der Waals surface area contributed by atoms with Crippen molar-refractivity contribution in [3.63, 3.8) is 0 Å². The first-order valence-corrected chi connectivity index (χ1v) is 10.2. The van der Waals surface area contributed by atoms with Gasteiger partial charge in [-0.2, -0.15) is 5.10 Å². The van der Waals surface area contributed by atoms with Gasteiger partial charge in [0.15, 0.2) is 0 Å². The van der Waals surface area contributed by atoms with Crippen LogP contribution in [0.3, 0.4) is 0 Å². The molecule has 1 aliphatic carbocycles. The number of ether oxygens (including phenoxy) is 1. The van der Waals surface area contributed by atoms with Crippen molar-refractivity contribution in [2.75, 3.05) is 31.6 Å². The fraction of sp³-hybridized carbons (Fsp3) is 0.667. The van der Waals surface area contributed by atoms with Gasteiger partial charge in [-0.05, 0) is 31.6 Å². The molecule has 0 radical (unpaired) electrons. The van der Waals surface area contributed by atoms with E-state index in [1.807, 2.05) is 4.90 Å². The molecule has 0 bridgehead atoms. The van der Waals surface area contributed by atoms with Gasteiger partial charge in [-0.1, -0.05) is 11.6 Å². The second-order valence-electron chi connectivity index (χ2n) is 7.48. The lowest BCUT2D eigenvalue weighted by Gasteiger charge is -2.29. The molecule has 2 fully saturated rings. The van der Waals surface area contributed by atoms with Crippen molar-refractivity contribution in [1.82, 2.24) is 26.1 Å². The van der Waals surface area contributed by atoms with Gasteiger partial charge in [-0.3, -0.25) is 4.79 Å². The molecule has 10 nitrogen and oxygen atoms in total. The molecule has 1 aliphatic heterocycles. The molecule has 1 aromatic heterocycles. The number of anilines is 1. The summed E-state index contributed by atoms with van der Waals surface area (Å²) in [7, 11) is 1.59. The van der Waals surface area contributed by atoms with E-state index in [1.54, 1.807) is 7.05 Å². The van der Waals surface area contributed by atoms with Crippen LogP contribution >= 0.6 is 11.6 Å². The molecule has 1 aromatic rings. The van der Waals surface area contributed by atoms with Crippen LogP contribution in [0.15, 0.2) is 11.0 Å². The Morgan fingerprint density at radius 2 is 2.07 bits per heavy atom. The molecule has 3 rings (SSSR count). The Labute approximate surface area is 173 Å². The Kier molecular flexibility index (Phi) is 7.18. The van der Waals surface area contributed by atoms with E-state index in [2.05, 4.69) is 26.1 Å². The normalized spacial score (nSPS) is 24.1. The topological polar surface area (TPSA) is 128 Å². The predicted octanol–water partition coefficient (Wildman–Crippen LogP) is 1.22. The first-order valence-electron chi connectivity index (χ1n) is 9.87. The minimum atomic E-state index is -0.438. The zero-order valence-electron chi connectivity index (χ0n) is 16.4. The lowest BCUT2D eigenvalue weighted by Crippen LogP contribution is -2.42. The smallest absolute Gasteiger partial charge is 0.407 e. The van der Waals surface area contributed by atoms with Gasteiger partial charge in [0, 0.05) is 32.6 Å². The third-order valence-electron chi connectivity index (χ3n) is 5.48. The number of hydrogen-bond donors (Lipinski definition) is 4. The molecular formula is C18H27ClN6O4. The van der Waals surface area contributed by atoms with Gasteiger partial charge >= 0.3 is 12.1 Å². The van der Waals surface area contributed by atoms with Crippen molar-refractivity contribution >= 4 is 29.4 Å². The van der Waals surface area contributed by atoms with E-state index in [-0.39, 0.29) is 23.2 Å². The molecule has 0 spiro atoms. The highest BCUT2D eigenvalue weighted by atomic mass is 35.5. The van der Waals surface area contributed by atoms with Crippen molar-refractivity contribution in [3.8, 4) is 0 Å². The monoisotopic (exact) mass is 426 g/mol. The average molecular weight is 427 g/mol. The second kappa shape index (κ2) is 9.82. The lowest BCUT2D eigenvalue weighted by molar-refractivity contribution is 0.102.